The fourth-order valence-corrected chi connectivity index (χ4v) is 5.66. The van der Waals surface area contributed by atoms with Crippen LogP contribution in [0.1, 0.15) is 31.1 Å². The van der Waals surface area contributed by atoms with Crippen LogP contribution in [0.5, 0.6) is 0 Å². The Labute approximate surface area is 275 Å². The highest BCUT2D eigenvalue weighted by Gasteiger charge is 2.11. The molecule has 16 heteroatoms. The number of anilines is 1. The van der Waals surface area contributed by atoms with E-state index in [0.29, 0.717) is 27.2 Å². The standard InChI is InChI=1S/C13H11BrN4OS.C11H12BrNO2.C2H2BrN3S/c1-17(2)11(19)9-5-3-8(4-6-9)10-7-18-13(15-10)20-12(14)16-18;1-13(2)11(15)9-5-3-8(4-6-9)10(14)7-12;3-1-5-6-2(4)7-1/h3-7H,1-2H3;3-6H,7H2,1-2H3;(H2,4,6). The maximum Gasteiger partial charge on any atom is 0.253 e. The molecule has 0 spiro atoms. The Hall–Kier alpha value is -3.05. The van der Waals surface area contributed by atoms with Crippen LogP contribution in [0.25, 0.3) is 16.2 Å². The van der Waals surface area contributed by atoms with Gasteiger partial charge < -0.3 is 15.5 Å². The molecule has 3 aromatic heterocycles. The number of halogens is 3. The Balaban J connectivity index is 0.000000193. The minimum Gasteiger partial charge on any atom is -0.374 e. The summed E-state index contributed by atoms with van der Waals surface area (Å²) in [5.74, 6) is -0.0559. The number of aromatic nitrogens is 5. The van der Waals surface area contributed by atoms with E-state index < -0.39 is 0 Å². The van der Waals surface area contributed by atoms with Crippen LogP contribution in [0, 0.1) is 0 Å². The highest BCUT2D eigenvalue weighted by molar-refractivity contribution is 9.11. The van der Waals surface area contributed by atoms with Crippen molar-refractivity contribution in [2.45, 2.75) is 0 Å². The third-order valence-corrected chi connectivity index (χ3v) is 8.30. The molecular weight excluding hydrogens is 776 g/mol. The number of nitrogens with two attached hydrogens (primary N) is 1. The number of carbonyl (C=O) groups excluding carboxylic acids is 3. The monoisotopic (exact) mass is 798 g/mol. The number of carbonyl (C=O) groups is 3. The van der Waals surface area contributed by atoms with Crippen LogP contribution < -0.4 is 5.73 Å². The lowest BCUT2D eigenvalue weighted by atomic mass is 10.1. The highest BCUT2D eigenvalue weighted by Crippen LogP contribution is 2.25. The summed E-state index contributed by atoms with van der Waals surface area (Å²) in [5, 5.41) is 12.1. The number of benzene rings is 2. The van der Waals surface area contributed by atoms with Gasteiger partial charge in [-0.3, -0.25) is 14.4 Å². The Morgan fingerprint density at radius 2 is 1.33 bits per heavy atom. The zero-order chi connectivity index (χ0) is 31.0. The Morgan fingerprint density at radius 1 is 0.810 bits per heavy atom. The van der Waals surface area contributed by atoms with Gasteiger partial charge in [-0.05, 0) is 56.1 Å². The lowest BCUT2D eigenvalue weighted by Crippen LogP contribution is -2.21. The molecular formula is C26H25Br3N8O3S2. The average Bonchev–Trinajstić information content (AvgIpc) is 3.66. The van der Waals surface area contributed by atoms with E-state index >= 15 is 0 Å². The number of amides is 2. The zero-order valence-corrected chi connectivity index (χ0v) is 29.2. The van der Waals surface area contributed by atoms with Crippen LogP contribution in [0.3, 0.4) is 0 Å². The van der Waals surface area contributed by atoms with Gasteiger partial charge >= 0.3 is 0 Å². The van der Waals surface area contributed by atoms with Gasteiger partial charge in [0.25, 0.3) is 11.8 Å². The van der Waals surface area contributed by atoms with E-state index in [9.17, 15) is 14.4 Å². The molecule has 0 saturated carbocycles. The second-order valence-electron chi connectivity index (χ2n) is 8.71. The summed E-state index contributed by atoms with van der Waals surface area (Å²) in [7, 11) is 6.87. The van der Waals surface area contributed by atoms with Crippen molar-refractivity contribution in [2.24, 2.45) is 0 Å². The zero-order valence-electron chi connectivity index (χ0n) is 22.8. The number of rotatable bonds is 5. The van der Waals surface area contributed by atoms with E-state index in [4.69, 9.17) is 5.73 Å². The number of nitrogen functional groups attached to an aromatic ring is 1. The summed E-state index contributed by atoms with van der Waals surface area (Å²) < 4.78 is 3.27. The van der Waals surface area contributed by atoms with Crippen LogP contribution in [-0.4, -0.2) is 85.7 Å². The molecule has 0 atom stereocenters. The number of Topliss-reactive ketones (excluding diaryl/α,β-unsaturated/α-hetero) is 1. The lowest BCUT2D eigenvalue weighted by molar-refractivity contribution is 0.0820. The Kier molecular flexibility index (Phi) is 12.3. The molecule has 0 aliphatic carbocycles. The molecule has 5 aromatic rings. The summed E-state index contributed by atoms with van der Waals surface area (Å²) in [4.78, 5) is 43.0. The molecule has 0 aliphatic rings. The molecule has 0 fully saturated rings. The number of alkyl halides is 1. The summed E-state index contributed by atoms with van der Waals surface area (Å²) in [6.45, 7) is 0. The number of imidazole rings is 1. The third kappa shape index (κ3) is 9.22. The SMILES string of the molecule is CN(C)C(=O)c1ccc(-c2cn3nc(Br)sc3n2)cc1.CN(C)C(=O)c1ccc(C(=O)CBr)cc1.Nc1nnc(Br)s1. The van der Waals surface area contributed by atoms with Crippen LogP contribution in [0.15, 0.2) is 62.6 Å². The predicted molar refractivity (Wildman–Crippen MR) is 177 cm³/mol. The molecule has 0 saturated heterocycles. The largest absolute Gasteiger partial charge is 0.374 e. The van der Waals surface area contributed by atoms with Crippen LogP contribution in [0.4, 0.5) is 5.13 Å². The number of hydrogen-bond donors (Lipinski definition) is 1. The van der Waals surface area contributed by atoms with E-state index in [1.54, 1.807) is 61.9 Å². The fraction of sp³-hybridized carbons (Fsp3) is 0.192. The maximum atomic E-state index is 11.8. The predicted octanol–water partition coefficient (Wildman–Crippen LogP) is 5.77. The highest BCUT2D eigenvalue weighted by atomic mass is 79.9. The second kappa shape index (κ2) is 15.4. The van der Waals surface area contributed by atoms with E-state index in [2.05, 4.69) is 68.1 Å². The quantitative estimate of drug-likeness (QED) is 0.175. The van der Waals surface area contributed by atoms with Crippen LogP contribution >= 0.6 is 70.5 Å². The van der Waals surface area contributed by atoms with Gasteiger partial charge in [-0.1, -0.05) is 62.9 Å². The molecule has 5 rings (SSSR count). The van der Waals surface area contributed by atoms with Crippen molar-refractivity contribution < 1.29 is 14.4 Å². The Morgan fingerprint density at radius 3 is 1.74 bits per heavy atom. The Bertz CT molecular complexity index is 1620. The fourth-order valence-electron chi connectivity index (χ4n) is 3.21. The first-order chi connectivity index (χ1) is 19.9. The van der Waals surface area contributed by atoms with E-state index in [-0.39, 0.29) is 17.6 Å². The van der Waals surface area contributed by atoms with E-state index in [1.807, 2.05) is 30.5 Å². The molecule has 2 amide bonds. The molecule has 2 aromatic carbocycles. The van der Waals surface area contributed by atoms with Crippen molar-refractivity contribution in [3.05, 3.63) is 79.3 Å². The summed E-state index contributed by atoms with van der Waals surface area (Å²) in [6, 6.07) is 14.1. The molecule has 2 N–H and O–H groups in total. The first-order valence-corrected chi connectivity index (χ1v) is 16.2. The van der Waals surface area contributed by atoms with Crippen molar-refractivity contribution in [1.82, 2.24) is 34.6 Å². The lowest BCUT2D eigenvalue weighted by Gasteiger charge is -2.10. The van der Waals surface area contributed by atoms with Crippen molar-refractivity contribution in [1.29, 1.82) is 0 Å². The number of ketones is 1. The summed E-state index contributed by atoms with van der Waals surface area (Å²) >= 11 is 12.3. The van der Waals surface area contributed by atoms with Crippen molar-refractivity contribution in [3.8, 4) is 11.3 Å². The molecule has 0 unspecified atom stereocenters. The van der Waals surface area contributed by atoms with Gasteiger partial charge in [0, 0.05) is 50.4 Å². The number of hydrogen-bond acceptors (Lipinski definition) is 10. The molecule has 0 radical (unpaired) electrons. The molecule has 220 valence electrons. The van der Waals surface area contributed by atoms with Crippen LogP contribution in [-0.2, 0) is 0 Å². The van der Waals surface area contributed by atoms with Gasteiger partial charge in [0.05, 0.1) is 17.2 Å². The van der Waals surface area contributed by atoms with E-state index in [1.165, 1.54) is 27.6 Å². The van der Waals surface area contributed by atoms with Gasteiger partial charge in [0.1, 0.15) is 0 Å². The third-order valence-electron chi connectivity index (χ3n) is 5.25. The second-order valence-corrected chi connectivity index (χ2v) is 13.8. The smallest absolute Gasteiger partial charge is 0.253 e. The van der Waals surface area contributed by atoms with Crippen molar-refractivity contribution >= 4 is 98.2 Å². The molecule has 0 bridgehead atoms. The molecule has 11 nitrogen and oxygen atoms in total. The minimum absolute atomic E-state index is 0.00651. The van der Waals surface area contributed by atoms with Gasteiger partial charge in [-0.25, -0.2) is 9.50 Å². The van der Waals surface area contributed by atoms with Crippen molar-refractivity contribution in [3.63, 3.8) is 0 Å². The average molecular weight is 801 g/mol. The van der Waals surface area contributed by atoms with Gasteiger partial charge in [0.15, 0.2) is 13.6 Å². The summed E-state index contributed by atoms with van der Waals surface area (Å²) in [6.07, 6.45) is 1.87. The first kappa shape index (κ1) is 33.5. The van der Waals surface area contributed by atoms with Crippen molar-refractivity contribution in [2.75, 3.05) is 39.3 Å². The van der Waals surface area contributed by atoms with Gasteiger partial charge in [-0.15, -0.1) is 15.3 Å². The number of nitrogens with zero attached hydrogens (tertiary/aromatic N) is 7. The number of fused-ring (bicyclic) bond motifs is 1. The molecule has 3 heterocycles. The molecule has 0 aliphatic heterocycles. The van der Waals surface area contributed by atoms with Gasteiger partial charge in [0.2, 0.25) is 10.1 Å². The first-order valence-electron chi connectivity index (χ1n) is 11.9. The van der Waals surface area contributed by atoms with E-state index in [0.717, 1.165) is 24.1 Å². The minimum atomic E-state index is -0.0622. The summed E-state index contributed by atoms with van der Waals surface area (Å²) in [5.41, 5.74) is 8.88. The molecule has 42 heavy (non-hydrogen) atoms. The van der Waals surface area contributed by atoms with Crippen LogP contribution in [0.2, 0.25) is 0 Å². The maximum absolute atomic E-state index is 11.8. The topological polar surface area (TPSA) is 140 Å². The normalized spacial score (nSPS) is 10.3. The van der Waals surface area contributed by atoms with Gasteiger partial charge in [-0.2, -0.15) is 0 Å².